The second kappa shape index (κ2) is 6.68. The van der Waals surface area contributed by atoms with Crippen LogP contribution < -0.4 is 10.6 Å². The Labute approximate surface area is 145 Å². The highest BCUT2D eigenvalue weighted by molar-refractivity contribution is 8.00. The molecule has 1 aromatic heterocycles. The number of hydrogen-bond acceptors (Lipinski definition) is 4. The maximum absolute atomic E-state index is 12.5. The smallest absolute Gasteiger partial charge is 0.258 e. The summed E-state index contributed by atoms with van der Waals surface area (Å²) in [4.78, 5) is 29.5. The summed E-state index contributed by atoms with van der Waals surface area (Å²) in [5, 5.41) is 5.55. The van der Waals surface area contributed by atoms with Crippen molar-refractivity contribution in [2.75, 3.05) is 10.6 Å². The molecule has 0 saturated heterocycles. The Hall–Kier alpha value is -2.28. The highest BCUT2D eigenvalue weighted by atomic mass is 32.2. The molecule has 0 aliphatic carbocycles. The fourth-order valence-electron chi connectivity index (χ4n) is 2.50. The van der Waals surface area contributed by atoms with Crippen molar-refractivity contribution < 1.29 is 9.59 Å². The average molecular weight is 344 g/mol. The third-order valence-corrected chi connectivity index (χ3v) is 4.85. The lowest BCUT2D eigenvalue weighted by Gasteiger charge is -2.21. The number of carbonyl (C=O) groups is 2. The van der Waals surface area contributed by atoms with Crippen LogP contribution in [0.4, 0.5) is 11.6 Å². The van der Waals surface area contributed by atoms with E-state index in [9.17, 15) is 9.59 Å². The van der Waals surface area contributed by atoms with E-state index in [2.05, 4.69) is 29.5 Å². The Bertz CT molecular complexity index is 785. The molecule has 0 fully saturated rings. The number of nitrogens with zero attached hydrogens (tertiary/aromatic N) is 2. The first kappa shape index (κ1) is 16.6. The van der Waals surface area contributed by atoms with Gasteiger partial charge in [0.15, 0.2) is 0 Å². The summed E-state index contributed by atoms with van der Waals surface area (Å²) in [6, 6.07) is 5.34. The monoisotopic (exact) mass is 344 g/mol. The molecule has 2 aromatic rings. The quantitative estimate of drug-likeness (QED) is 0.893. The minimum absolute atomic E-state index is 0.0439. The van der Waals surface area contributed by atoms with Crippen LogP contribution in [0.3, 0.4) is 0 Å². The normalized spacial score (nSPS) is 16.7. The molecule has 2 N–H and O–H groups in total. The highest BCUT2D eigenvalue weighted by Crippen LogP contribution is 2.36. The SMILES string of the molecule is CC(C)Cn1ccnc1NC(=O)c1ccc2c(c1)NC(=O)[C@@H](C)S2. The van der Waals surface area contributed by atoms with Crippen LogP contribution in [0.5, 0.6) is 0 Å². The van der Waals surface area contributed by atoms with E-state index in [0.717, 1.165) is 11.4 Å². The van der Waals surface area contributed by atoms with Crippen molar-refractivity contribution in [3.8, 4) is 0 Å². The van der Waals surface area contributed by atoms with Crippen molar-refractivity contribution in [1.29, 1.82) is 0 Å². The third-order valence-electron chi connectivity index (χ3n) is 3.68. The van der Waals surface area contributed by atoms with Crippen LogP contribution in [0.15, 0.2) is 35.5 Å². The zero-order valence-corrected chi connectivity index (χ0v) is 14.7. The lowest BCUT2D eigenvalue weighted by atomic mass is 10.1. The molecule has 0 saturated carbocycles. The topological polar surface area (TPSA) is 76.0 Å². The molecule has 24 heavy (non-hydrogen) atoms. The number of hydrogen-bond donors (Lipinski definition) is 2. The Morgan fingerprint density at radius 2 is 2.25 bits per heavy atom. The van der Waals surface area contributed by atoms with Gasteiger partial charge in [-0.2, -0.15) is 0 Å². The van der Waals surface area contributed by atoms with Crippen LogP contribution in [0.1, 0.15) is 31.1 Å². The van der Waals surface area contributed by atoms with Crippen LogP contribution in [0, 0.1) is 5.92 Å². The molecule has 7 heteroatoms. The minimum atomic E-state index is -0.244. The molecule has 1 aliphatic heterocycles. The van der Waals surface area contributed by atoms with Crippen LogP contribution in [-0.4, -0.2) is 26.6 Å². The molecular formula is C17H20N4O2S. The summed E-state index contributed by atoms with van der Waals surface area (Å²) in [5.41, 5.74) is 1.17. The molecule has 2 heterocycles. The maximum atomic E-state index is 12.5. The van der Waals surface area contributed by atoms with E-state index in [4.69, 9.17) is 0 Å². The van der Waals surface area contributed by atoms with Crippen LogP contribution >= 0.6 is 11.8 Å². The molecule has 0 unspecified atom stereocenters. The summed E-state index contributed by atoms with van der Waals surface area (Å²) in [5.74, 6) is 0.690. The largest absolute Gasteiger partial charge is 0.324 e. The number of amides is 2. The second-order valence-corrected chi connectivity index (χ2v) is 7.59. The van der Waals surface area contributed by atoms with Crippen molar-refractivity contribution >= 4 is 35.2 Å². The van der Waals surface area contributed by atoms with Gasteiger partial charge in [-0.3, -0.25) is 14.9 Å². The molecule has 0 spiro atoms. The Morgan fingerprint density at radius 3 is 3.00 bits per heavy atom. The Kier molecular flexibility index (Phi) is 4.62. The molecule has 1 atom stereocenters. The number of imidazole rings is 1. The molecule has 2 amide bonds. The van der Waals surface area contributed by atoms with Crippen molar-refractivity contribution in [2.45, 2.75) is 37.5 Å². The lowest BCUT2D eigenvalue weighted by molar-refractivity contribution is -0.115. The van der Waals surface area contributed by atoms with Gasteiger partial charge in [-0.1, -0.05) is 13.8 Å². The first-order valence-electron chi connectivity index (χ1n) is 7.88. The van der Waals surface area contributed by atoms with Crippen molar-refractivity contribution in [3.63, 3.8) is 0 Å². The Balaban J connectivity index is 1.78. The molecule has 126 valence electrons. The molecule has 1 aromatic carbocycles. The van der Waals surface area contributed by atoms with E-state index in [1.54, 1.807) is 18.3 Å². The van der Waals surface area contributed by atoms with E-state index < -0.39 is 0 Å². The zero-order valence-electron chi connectivity index (χ0n) is 13.9. The highest BCUT2D eigenvalue weighted by Gasteiger charge is 2.24. The molecule has 0 bridgehead atoms. The van der Waals surface area contributed by atoms with E-state index in [0.29, 0.717) is 23.1 Å². The molecule has 0 radical (unpaired) electrons. The predicted octanol–water partition coefficient (Wildman–Crippen LogP) is 3.22. The summed E-state index contributed by atoms with van der Waals surface area (Å²) in [7, 11) is 0. The first-order chi connectivity index (χ1) is 11.4. The van der Waals surface area contributed by atoms with Gasteiger partial charge < -0.3 is 9.88 Å². The second-order valence-electron chi connectivity index (χ2n) is 6.21. The minimum Gasteiger partial charge on any atom is -0.324 e. The lowest BCUT2D eigenvalue weighted by Crippen LogP contribution is -2.26. The number of aromatic nitrogens is 2. The zero-order chi connectivity index (χ0) is 17.3. The molecular weight excluding hydrogens is 324 g/mol. The molecule has 3 rings (SSSR count). The number of carbonyl (C=O) groups excluding carboxylic acids is 2. The van der Waals surface area contributed by atoms with Gasteiger partial charge in [0, 0.05) is 29.4 Å². The third kappa shape index (κ3) is 3.46. The fraction of sp³-hybridized carbons (Fsp3) is 0.353. The number of nitrogens with one attached hydrogen (secondary N) is 2. The number of benzene rings is 1. The van der Waals surface area contributed by atoms with Crippen LogP contribution in [-0.2, 0) is 11.3 Å². The van der Waals surface area contributed by atoms with Crippen molar-refractivity contribution in [1.82, 2.24) is 9.55 Å². The van der Waals surface area contributed by atoms with Gasteiger partial charge in [0.2, 0.25) is 11.9 Å². The predicted molar refractivity (Wildman–Crippen MR) is 95.4 cm³/mol. The van der Waals surface area contributed by atoms with E-state index in [1.165, 1.54) is 11.8 Å². The summed E-state index contributed by atoms with van der Waals surface area (Å²) in [6.45, 7) is 6.86. The Morgan fingerprint density at radius 1 is 1.46 bits per heavy atom. The molecule has 1 aliphatic rings. The number of rotatable bonds is 4. The number of fused-ring (bicyclic) bond motifs is 1. The number of thioether (sulfide) groups is 1. The summed E-state index contributed by atoms with van der Waals surface area (Å²) < 4.78 is 1.92. The van der Waals surface area contributed by atoms with E-state index in [-0.39, 0.29) is 17.1 Å². The summed E-state index contributed by atoms with van der Waals surface area (Å²) in [6.07, 6.45) is 3.52. The van der Waals surface area contributed by atoms with Gasteiger partial charge in [-0.25, -0.2) is 4.98 Å². The van der Waals surface area contributed by atoms with Gasteiger partial charge in [0.25, 0.3) is 5.91 Å². The van der Waals surface area contributed by atoms with Gasteiger partial charge >= 0.3 is 0 Å². The van der Waals surface area contributed by atoms with Gasteiger partial charge in [-0.15, -0.1) is 11.8 Å². The average Bonchev–Trinajstić information content (AvgIpc) is 2.94. The fourth-order valence-corrected chi connectivity index (χ4v) is 3.43. The maximum Gasteiger partial charge on any atom is 0.258 e. The summed E-state index contributed by atoms with van der Waals surface area (Å²) >= 11 is 1.49. The van der Waals surface area contributed by atoms with Gasteiger partial charge in [0.05, 0.1) is 10.9 Å². The first-order valence-corrected chi connectivity index (χ1v) is 8.76. The van der Waals surface area contributed by atoms with Crippen LogP contribution in [0.25, 0.3) is 0 Å². The number of anilines is 2. The van der Waals surface area contributed by atoms with E-state index in [1.807, 2.05) is 23.8 Å². The van der Waals surface area contributed by atoms with Crippen LogP contribution in [0.2, 0.25) is 0 Å². The van der Waals surface area contributed by atoms with Crippen molar-refractivity contribution in [2.24, 2.45) is 5.92 Å². The van der Waals surface area contributed by atoms with E-state index >= 15 is 0 Å². The van der Waals surface area contributed by atoms with Gasteiger partial charge in [-0.05, 0) is 31.0 Å². The molecule has 6 nitrogen and oxygen atoms in total. The van der Waals surface area contributed by atoms with Gasteiger partial charge in [0.1, 0.15) is 0 Å². The standard InChI is InChI=1S/C17H20N4O2S/c1-10(2)9-21-7-6-18-17(21)20-16(23)12-4-5-14-13(8-12)19-15(22)11(3)24-14/h4-8,10-11H,9H2,1-3H3,(H,19,22)(H,18,20,23)/t11-/m1/s1. The van der Waals surface area contributed by atoms with Crippen molar-refractivity contribution in [3.05, 3.63) is 36.2 Å².